The molecule has 1 rings (SSSR count). The minimum Gasteiger partial charge on any atom is -0.507 e. The zero-order valence-corrected chi connectivity index (χ0v) is 9.89. The van der Waals surface area contributed by atoms with Gasteiger partial charge in [-0.2, -0.15) is 0 Å². The van der Waals surface area contributed by atoms with Gasteiger partial charge >= 0.3 is 0 Å². The smallest absolute Gasteiger partial charge is 0.122 e. The third-order valence-corrected chi connectivity index (χ3v) is 3.11. The first kappa shape index (κ1) is 11.5. The molecule has 14 heavy (non-hydrogen) atoms. The van der Waals surface area contributed by atoms with Crippen LogP contribution in [0, 0.1) is 13.8 Å². The summed E-state index contributed by atoms with van der Waals surface area (Å²) in [5.41, 5.74) is 2.78. The zero-order valence-electron chi connectivity index (χ0n) is 8.30. The maximum Gasteiger partial charge on any atom is 0.122 e. The Balaban J connectivity index is 3.11. The van der Waals surface area contributed by atoms with Gasteiger partial charge < -0.3 is 9.94 Å². The van der Waals surface area contributed by atoms with E-state index >= 15 is 0 Å². The molecule has 0 aliphatic rings. The van der Waals surface area contributed by atoms with Crippen molar-refractivity contribution in [2.24, 2.45) is 5.90 Å². The third kappa shape index (κ3) is 2.26. The van der Waals surface area contributed by atoms with E-state index in [9.17, 15) is 5.11 Å². The number of rotatable bonds is 3. The van der Waals surface area contributed by atoms with Crippen molar-refractivity contribution in [2.45, 2.75) is 20.3 Å². The second-order valence-electron chi connectivity index (χ2n) is 3.25. The van der Waals surface area contributed by atoms with E-state index in [4.69, 9.17) is 5.90 Å². The molecule has 4 heteroatoms. The highest BCUT2D eigenvalue weighted by Crippen LogP contribution is 2.31. The van der Waals surface area contributed by atoms with Crippen LogP contribution in [0.2, 0.25) is 0 Å². The highest BCUT2D eigenvalue weighted by Gasteiger charge is 2.10. The molecule has 0 saturated heterocycles. The molecular formula is C10H14BrNO2. The standard InChI is InChI=1S/C10H14BrNO2/c1-6-5-9(11)7(2)8(10(6)13)3-4-14-12/h5,13H,3-4,12H2,1-2H3. The molecular weight excluding hydrogens is 246 g/mol. The number of phenols is 1. The highest BCUT2D eigenvalue weighted by molar-refractivity contribution is 9.10. The average Bonchev–Trinajstić information content (AvgIpc) is 2.15. The monoisotopic (exact) mass is 259 g/mol. The molecule has 78 valence electrons. The molecule has 0 aromatic heterocycles. The number of hydrogen-bond acceptors (Lipinski definition) is 3. The first-order valence-corrected chi connectivity index (χ1v) is 5.16. The second-order valence-corrected chi connectivity index (χ2v) is 4.10. The van der Waals surface area contributed by atoms with Crippen LogP contribution in [0.1, 0.15) is 16.7 Å². The summed E-state index contributed by atoms with van der Waals surface area (Å²) in [6.07, 6.45) is 0.619. The summed E-state index contributed by atoms with van der Waals surface area (Å²) in [7, 11) is 0. The Bertz CT molecular complexity index is 313. The molecule has 0 aliphatic carbocycles. The van der Waals surface area contributed by atoms with Crippen LogP contribution in [0.4, 0.5) is 0 Å². The lowest BCUT2D eigenvalue weighted by molar-refractivity contribution is 0.140. The minimum atomic E-state index is 0.336. The molecule has 0 saturated carbocycles. The molecule has 0 radical (unpaired) electrons. The van der Waals surface area contributed by atoms with Crippen molar-refractivity contribution in [2.75, 3.05) is 6.61 Å². The van der Waals surface area contributed by atoms with E-state index in [1.165, 1.54) is 0 Å². The second kappa shape index (κ2) is 4.77. The van der Waals surface area contributed by atoms with E-state index < -0.39 is 0 Å². The van der Waals surface area contributed by atoms with Gasteiger partial charge in [0.05, 0.1) is 6.61 Å². The summed E-state index contributed by atoms with van der Waals surface area (Å²) in [6.45, 7) is 4.23. The van der Waals surface area contributed by atoms with Crippen molar-refractivity contribution in [3.05, 3.63) is 27.2 Å². The lowest BCUT2D eigenvalue weighted by Gasteiger charge is -2.12. The van der Waals surface area contributed by atoms with Crippen LogP contribution in [0.25, 0.3) is 0 Å². The lowest BCUT2D eigenvalue weighted by atomic mass is 10.0. The quantitative estimate of drug-likeness (QED) is 0.819. The first-order chi connectivity index (χ1) is 6.57. The summed E-state index contributed by atoms with van der Waals surface area (Å²) in [5.74, 6) is 5.30. The summed E-state index contributed by atoms with van der Waals surface area (Å²) < 4.78 is 1.000. The molecule has 0 bridgehead atoms. The highest BCUT2D eigenvalue weighted by atomic mass is 79.9. The van der Waals surface area contributed by atoms with Gasteiger partial charge in [-0.3, -0.25) is 0 Å². The van der Waals surface area contributed by atoms with Crippen LogP contribution >= 0.6 is 15.9 Å². The number of aryl methyl sites for hydroxylation is 1. The Morgan fingerprint density at radius 3 is 2.71 bits per heavy atom. The van der Waals surface area contributed by atoms with Crippen LogP contribution in [0.3, 0.4) is 0 Å². The van der Waals surface area contributed by atoms with Gasteiger partial charge in [0.25, 0.3) is 0 Å². The van der Waals surface area contributed by atoms with Crippen LogP contribution < -0.4 is 5.90 Å². The number of halogens is 1. The largest absolute Gasteiger partial charge is 0.507 e. The molecule has 0 fully saturated rings. The van der Waals surface area contributed by atoms with Crippen molar-refractivity contribution in [3.8, 4) is 5.75 Å². The molecule has 3 N–H and O–H groups in total. The topological polar surface area (TPSA) is 55.5 Å². The normalized spacial score (nSPS) is 10.6. The molecule has 0 amide bonds. The van der Waals surface area contributed by atoms with E-state index in [0.29, 0.717) is 18.8 Å². The Labute approximate surface area is 92.0 Å². The number of hydrogen-bond donors (Lipinski definition) is 2. The molecule has 1 aromatic rings. The molecule has 0 atom stereocenters. The van der Waals surface area contributed by atoms with Crippen molar-refractivity contribution < 1.29 is 9.94 Å². The van der Waals surface area contributed by atoms with Gasteiger partial charge in [-0.25, -0.2) is 5.90 Å². The van der Waals surface area contributed by atoms with Crippen molar-refractivity contribution in [3.63, 3.8) is 0 Å². The maximum absolute atomic E-state index is 9.81. The fourth-order valence-electron chi connectivity index (χ4n) is 1.39. The summed E-state index contributed by atoms with van der Waals surface area (Å²) in [4.78, 5) is 4.51. The predicted molar refractivity (Wildman–Crippen MR) is 59.1 cm³/mol. The number of aromatic hydroxyl groups is 1. The van der Waals surface area contributed by atoms with Gasteiger partial charge in [0.1, 0.15) is 5.75 Å². The number of nitrogens with two attached hydrogens (primary N) is 1. The molecule has 3 nitrogen and oxygen atoms in total. The number of benzene rings is 1. The minimum absolute atomic E-state index is 0.336. The summed E-state index contributed by atoms with van der Waals surface area (Å²) in [5, 5.41) is 9.81. The van der Waals surface area contributed by atoms with Crippen molar-refractivity contribution in [1.29, 1.82) is 0 Å². The van der Waals surface area contributed by atoms with Crippen LogP contribution in [0.15, 0.2) is 10.5 Å². The van der Waals surface area contributed by atoms with E-state index in [1.54, 1.807) is 0 Å². The van der Waals surface area contributed by atoms with E-state index in [-0.39, 0.29) is 0 Å². The van der Waals surface area contributed by atoms with Crippen molar-refractivity contribution >= 4 is 15.9 Å². The Morgan fingerprint density at radius 1 is 1.50 bits per heavy atom. The summed E-state index contributed by atoms with van der Waals surface area (Å²) in [6, 6.07) is 1.90. The van der Waals surface area contributed by atoms with E-state index in [0.717, 1.165) is 21.2 Å². The third-order valence-electron chi connectivity index (χ3n) is 2.28. The van der Waals surface area contributed by atoms with Gasteiger partial charge in [0.2, 0.25) is 0 Å². The zero-order chi connectivity index (χ0) is 10.7. The molecule has 0 spiro atoms. The Morgan fingerprint density at radius 2 is 2.14 bits per heavy atom. The van der Waals surface area contributed by atoms with Gasteiger partial charge in [-0.05, 0) is 31.0 Å². The van der Waals surface area contributed by atoms with Gasteiger partial charge in [-0.1, -0.05) is 15.9 Å². The fraction of sp³-hybridized carbons (Fsp3) is 0.400. The summed E-state index contributed by atoms with van der Waals surface area (Å²) >= 11 is 3.44. The lowest BCUT2D eigenvalue weighted by Crippen LogP contribution is -2.05. The number of phenolic OH excluding ortho intramolecular Hbond substituents is 1. The Hall–Kier alpha value is -0.580. The van der Waals surface area contributed by atoms with Crippen LogP contribution in [-0.4, -0.2) is 11.7 Å². The maximum atomic E-state index is 9.81. The molecule has 0 aliphatic heterocycles. The van der Waals surface area contributed by atoms with Gasteiger partial charge in [0, 0.05) is 16.5 Å². The van der Waals surface area contributed by atoms with Crippen LogP contribution in [-0.2, 0) is 11.3 Å². The SMILES string of the molecule is Cc1cc(Br)c(C)c(CCON)c1O. The Kier molecular flexibility index (Phi) is 3.92. The van der Waals surface area contributed by atoms with Gasteiger partial charge in [-0.15, -0.1) is 0 Å². The molecule has 1 aromatic carbocycles. The van der Waals surface area contributed by atoms with E-state index in [2.05, 4.69) is 20.8 Å². The molecule has 0 unspecified atom stereocenters. The van der Waals surface area contributed by atoms with Crippen molar-refractivity contribution in [1.82, 2.24) is 0 Å². The van der Waals surface area contributed by atoms with E-state index in [1.807, 2.05) is 19.9 Å². The van der Waals surface area contributed by atoms with Gasteiger partial charge in [0.15, 0.2) is 0 Å². The predicted octanol–water partition coefficient (Wildman–Crippen LogP) is 2.20. The molecule has 0 heterocycles. The fourth-order valence-corrected chi connectivity index (χ4v) is 1.98. The van der Waals surface area contributed by atoms with Crippen LogP contribution in [0.5, 0.6) is 5.75 Å². The average molecular weight is 260 g/mol. The first-order valence-electron chi connectivity index (χ1n) is 4.37.